The summed E-state index contributed by atoms with van der Waals surface area (Å²) in [7, 11) is 0. The molecule has 5 nitrogen and oxygen atoms in total. The summed E-state index contributed by atoms with van der Waals surface area (Å²) in [6.07, 6.45) is 7.31. The second-order valence-corrected chi connectivity index (χ2v) is 4.81. The van der Waals surface area contributed by atoms with E-state index in [-0.39, 0.29) is 11.9 Å². The molecular weight excluding hydrogens is 216 g/mol. The molecule has 1 aromatic heterocycles. The summed E-state index contributed by atoms with van der Waals surface area (Å²) in [5.74, 6) is 0.971. The minimum absolute atomic E-state index is 0.113. The third-order valence-electron chi connectivity index (χ3n) is 3.61. The summed E-state index contributed by atoms with van der Waals surface area (Å²) >= 11 is 0. The molecule has 0 spiro atoms. The number of amides is 1. The van der Waals surface area contributed by atoms with Gasteiger partial charge in [0.25, 0.3) is 5.91 Å². The van der Waals surface area contributed by atoms with Gasteiger partial charge in [-0.15, -0.1) is 0 Å². The predicted molar refractivity (Wildman–Crippen MR) is 66.5 cm³/mol. The first-order valence-electron chi connectivity index (χ1n) is 6.30. The fraction of sp³-hybridized carbons (Fsp3) is 0.667. The van der Waals surface area contributed by atoms with Crippen molar-refractivity contribution in [2.45, 2.75) is 45.1 Å². The first kappa shape index (κ1) is 12.0. The number of H-pyrrole nitrogens is 1. The van der Waals surface area contributed by atoms with Crippen molar-refractivity contribution < 1.29 is 4.79 Å². The van der Waals surface area contributed by atoms with Crippen LogP contribution < -0.4 is 11.1 Å². The number of nitrogens with two attached hydrogens (primary N) is 1. The lowest BCUT2D eigenvalue weighted by atomic mass is 9.84. The van der Waals surface area contributed by atoms with E-state index in [2.05, 4.69) is 22.4 Å². The summed E-state index contributed by atoms with van der Waals surface area (Å²) in [6, 6.07) is 0.287. The van der Waals surface area contributed by atoms with E-state index in [4.69, 9.17) is 5.73 Å². The molecule has 1 aromatic rings. The van der Waals surface area contributed by atoms with Crippen LogP contribution in [0.4, 0.5) is 5.82 Å². The average molecular weight is 236 g/mol. The molecule has 94 valence electrons. The number of nitrogens with one attached hydrogen (secondary N) is 2. The van der Waals surface area contributed by atoms with E-state index in [9.17, 15) is 4.79 Å². The normalized spacial score (nSPS) is 24.5. The van der Waals surface area contributed by atoms with Crippen molar-refractivity contribution in [3.63, 3.8) is 0 Å². The van der Waals surface area contributed by atoms with Crippen molar-refractivity contribution in [3.05, 3.63) is 11.8 Å². The van der Waals surface area contributed by atoms with Gasteiger partial charge in [-0.2, -0.15) is 5.10 Å². The number of aromatic nitrogens is 2. The molecular formula is C12H20N4O. The van der Waals surface area contributed by atoms with Crippen LogP contribution in [0.2, 0.25) is 0 Å². The molecule has 2 atom stereocenters. The third-order valence-corrected chi connectivity index (χ3v) is 3.61. The second-order valence-electron chi connectivity index (χ2n) is 4.81. The number of nitrogens with zero attached hydrogens (tertiary/aromatic N) is 1. The van der Waals surface area contributed by atoms with Gasteiger partial charge in [0.15, 0.2) is 0 Å². The molecule has 0 aliphatic heterocycles. The van der Waals surface area contributed by atoms with Crippen molar-refractivity contribution in [2.75, 3.05) is 5.73 Å². The van der Waals surface area contributed by atoms with Gasteiger partial charge in [0.2, 0.25) is 0 Å². The van der Waals surface area contributed by atoms with Crippen LogP contribution in [0.5, 0.6) is 0 Å². The van der Waals surface area contributed by atoms with Crippen molar-refractivity contribution in [2.24, 2.45) is 5.92 Å². The molecule has 2 rings (SSSR count). The maximum atomic E-state index is 11.9. The number of hydrogen-bond acceptors (Lipinski definition) is 3. The maximum Gasteiger partial charge on any atom is 0.256 e. The van der Waals surface area contributed by atoms with Crippen LogP contribution in [0.15, 0.2) is 6.20 Å². The largest absolute Gasteiger partial charge is 0.383 e. The third kappa shape index (κ3) is 2.78. The Morgan fingerprint density at radius 3 is 3.12 bits per heavy atom. The summed E-state index contributed by atoms with van der Waals surface area (Å²) in [5, 5.41) is 9.38. The quantitative estimate of drug-likeness (QED) is 0.746. The molecule has 4 N–H and O–H groups in total. The number of hydrogen-bond donors (Lipinski definition) is 3. The Kier molecular flexibility index (Phi) is 3.66. The molecule has 2 unspecified atom stereocenters. The number of carbonyl (C=O) groups excluding carboxylic acids is 1. The fourth-order valence-electron chi connectivity index (χ4n) is 2.53. The number of carbonyl (C=O) groups is 1. The highest BCUT2D eigenvalue weighted by atomic mass is 16.1. The summed E-state index contributed by atoms with van der Waals surface area (Å²) in [6.45, 7) is 2.21. The summed E-state index contributed by atoms with van der Waals surface area (Å²) in [4.78, 5) is 11.9. The number of aromatic amines is 1. The lowest BCUT2D eigenvalue weighted by Crippen LogP contribution is -2.38. The monoisotopic (exact) mass is 236 g/mol. The minimum Gasteiger partial charge on any atom is -0.383 e. The molecule has 1 saturated carbocycles. The Morgan fingerprint density at radius 1 is 1.65 bits per heavy atom. The van der Waals surface area contributed by atoms with Gasteiger partial charge in [-0.3, -0.25) is 9.89 Å². The zero-order chi connectivity index (χ0) is 12.3. The van der Waals surface area contributed by atoms with Crippen LogP contribution in [0.1, 0.15) is 49.4 Å². The predicted octanol–water partition coefficient (Wildman–Crippen LogP) is 1.69. The van der Waals surface area contributed by atoms with Crippen molar-refractivity contribution in [3.8, 4) is 0 Å². The first-order valence-corrected chi connectivity index (χ1v) is 6.30. The van der Waals surface area contributed by atoms with Gasteiger partial charge in [-0.25, -0.2) is 0 Å². The molecule has 0 radical (unpaired) electrons. The highest BCUT2D eigenvalue weighted by molar-refractivity contribution is 5.98. The molecule has 1 heterocycles. The van der Waals surface area contributed by atoms with Crippen molar-refractivity contribution in [1.82, 2.24) is 15.5 Å². The molecule has 1 aliphatic rings. The van der Waals surface area contributed by atoms with Crippen LogP contribution in [0, 0.1) is 5.92 Å². The van der Waals surface area contributed by atoms with Crippen molar-refractivity contribution >= 4 is 11.7 Å². The average Bonchev–Trinajstić information content (AvgIpc) is 2.76. The Labute approximate surface area is 101 Å². The van der Waals surface area contributed by atoms with Gasteiger partial charge in [-0.05, 0) is 18.8 Å². The Bertz CT molecular complexity index is 388. The van der Waals surface area contributed by atoms with E-state index in [0.29, 0.717) is 11.4 Å². The van der Waals surface area contributed by atoms with E-state index in [0.717, 1.165) is 18.8 Å². The summed E-state index contributed by atoms with van der Waals surface area (Å²) in [5.41, 5.74) is 6.07. The van der Waals surface area contributed by atoms with E-state index in [1.165, 1.54) is 25.5 Å². The Hall–Kier alpha value is -1.52. The van der Waals surface area contributed by atoms with Gasteiger partial charge in [-0.1, -0.05) is 26.2 Å². The minimum atomic E-state index is -0.113. The lowest BCUT2D eigenvalue weighted by Gasteiger charge is -2.28. The molecule has 0 aromatic carbocycles. The van der Waals surface area contributed by atoms with Crippen LogP contribution in [-0.2, 0) is 0 Å². The van der Waals surface area contributed by atoms with E-state index in [1.807, 2.05) is 0 Å². The molecule has 0 saturated heterocycles. The highest BCUT2D eigenvalue weighted by Gasteiger charge is 2.23. The number of nitrogen functional groups attached to an aromatic ring is 1. The first-order chi connectivity index (χ1) is 8.20. The highest BCUT2D eigenvalue weighted by Crippen LogP contribution is 2.26. The second kappa shape index (κ2) is 5.21. The van der Waals surface area contributed by atoms with Crippen molar-refractivity contribution in [1.29, 1.82) is 0 Å². The number of anilines is 1. The van der Waals surface area contributed by atoms with Crippen LogP contribution in [-0.4, -0.2) is 22.1 Å². The van der Waals surface area contributed by atoms with E-state index < -0.39 is 0 Å². The Balaban J connectivity index is 1.93. The maximum absolute atomic E-state index is 11.9. The zero-order valence-corrected chi connectivity index (χ0v) is 10.2. The van der Waals surface area contributed by atoms with Gasteiger partial charge in [0.1, 0.15) is 11.4 Å². The summed E-state index contributed by atoms with van der Waals surface area (Å²) < 4.78 is 0. The van der Waals surface area contributed by atoms with Crippen LogP contribution in [0.25, 0.3) is 0 Å². The van der Waals surface area contributed by atoms with E-state index >= 15 is 0 Å². The van der Waals surface area contributed by atoms with Crippen LogP contribution >= 0.6 is 0 Å². The van der Waals surface area contributed by atoms with Gasteiger partial charge in [0.05, 0.1) is 6.20 Å². The molecule has 1 aliphatic carbocycles. The van der Waals surface area contributed by atoms with Crippen LogP contribution in [0.3, 0.4) is 0 Å². The van der Waals surface area contributed by atoms with Gasteiger partial charge < -0.3 is 11.1 Å². The smallest absolute Gasteiger partial charge is 0.256 e. The molecule has 5 heteroatoms. The van der Waals surface area contributed by atoms with E-state index in [1.54, 1.807) is 0 Å². The lowest BCUT2D eigenvalue weighted by molar-refractivity contribution is 0.0920. The fourth-order valence-corrected chi connectivity index (χ4v) is 2.53. The van der Waals surface area contributed by atoms with Gasteiger partial charge in [0, 0.05) is 6.04 Å². The standard InChI is InChI=1S/C12H20N4O/c1-2-8-4-3-5-9(6-8)15-12(17)10-7-14-16-11(10)13/h7-9H,2-6H2,1H3,(H,15,17)(H3,13,14,16). The molecule has 0 bridgehead atoms. The SMILES string of the molecule is CCC1CCCC(NC(=O)c2cn[nH]c2N)C1. The Morgan fingerprint density at radius 2 is 2.47 bits per heavy atom. The molecule has 17 heavy (non-hydrogen) atoms. The molecule has 1 amide bonds. The zero-order valence-electron chi connectivity index (χ0n) is 10.2. The van der Waals surface area contributed by atoms with Gasteiger partial charge >= 0.3 is 0 Å². The molecule has 1 fully saturated rings. The number of rotatable bonds is 3. The topological polar surface area (TPSA) is 83.8 Å².